The summed E-state index contributed by atoms with van der Waals surface area (Å²) < 4.78 is 10.7. The van der Waals surface area contributed by atoms with Gasteiger partial charge in [0, 0.05) is 22.9 Å². The van der Waals surface area contributed by atoms with Gasteiger partial charge in [-0.1, -0.05) is 17.8 Å². The summed E-state index contributed by atoms with van der Waals surface area (Å²) >= 11 is 3.12. The predicted octanol–water partition coefficient (Wildman–Crippen LogP) is 4.30. The van der Waals surface area contributed by atoms with Crippen LogP contribution < -0.4 is 9.47 Å². The smallest absolute Gasteiger partial charge is 0.209 e. The molecule has 0 aliphatic rings. The van der Waals surface area contributed by atoms with Crippen LogP contribution in [0.2, 0.25) is 0 Å². The van der Waals surface area contributed by atoms with E-state index in [1.807, 2.05) is 41.8 Å². The molecule has 0 unspecified atom stereocenters. The number of pyridine rings is 1. The Kier molecular flexibility index (Phi) is 5.54. The van der Waals surface area contributed by atoms with Crippen LogP contribution >= 0.6 is 23.1 Å². The molecule has 4 aromatic rings. The summed E-state index contributed by atoms with van der Waals surface area (Å²) in [5.41, 5.74) is 2.74. The number of methoxy groups -OCH3 is 2. The molecule has 4 rings (SSSR count). The van der Waals surface area contributed by atoms with Gasteiger partial charge in [0.1, 0.15) is 10.7 Å². The van der Waals surface area contributed by atoms with Crippen molar-refractivity contribution in [2.75, 3.05) is 14.2 Å². The standard InChI is InChI=1S/C19H17N5O2S2/c1-25-15-7-6-12(9-16(15)26-2)18-21-13(10-27-18)11-28-19-22-17(23-24-19)14-5-3-4-8-20-14/h3-10H,11H2,1-2H3,(H,22,23,24). The Morgan fingerprint density at radius 3 is 2.75 bits per heavy atom. The largest absolute Gasteiger partial charge is 0.493 e. The molecule has 0 fully saturated rings. The van der Waals surface area contributed by atoms with Crippen molar-refractivity contribution in [1.29, 1.82) is 0 Å². The Balaban J connectivity index is 1.44. The maximum absolute atomic E-state index is 5.37. The quantitative estimate of drug-likeness (QED) is 0.454. The van der Waals surface area contributed by atoms with E-state index in [0.717, 1.165) is 22.0 Å². The zero-order valence-electron chi connectivity index (χ0n) is 15.2. The van der Waals surface area contributed by atoms with E-state index < -0.39 is 0 Å². The van der Waals surface area contributed by atoms with E-state index in [4.69, 9.17) is 14.5 Å². The summed E-state index contributed by atoms with van der Waals surface area (Å²) in [7, 11) is 3.25. The van der Waals surface area contributed by atoms with Crippen molar-refractivity contribution in [3.8, 4) is 33.6 Å². The Bertz CT molecular complexity index is 1070. The average Bonchev–Trinajstić information content (AvgIpc) is 3.42. The second-order valence-corrected chi connectivity index (χ2v) is 7.48. The molecule has 0 aliphatic heterocycles. The van der Waals surface area contributed by atoms with Gasteiger partial charge in [0.25, 0.3) is 0 Å². The molecule has 0 saturated heterocycles. The molecule has 0 spiro atoms. The molecule has 7 nitrogen and oxygen atoms in total. The van der Waals surface area contributed by atoms with Crippen LogP contribution in [0.3, 0.4) is 0 Å². The second kappa shape index (κ2) is 8.41. The number of ether oxygens (including phenoxy) is 2. The third kappa shape index (κ3) is 4.00. The zero-order valence-corrected chi connectivity index (χ0v) is 16.9. The summed E-state index contributed by atoms with van der Waals surface area (Å²) in [6.07, 6.45) is 1.73. The zero-order chi connectivity index (χ0) is 19.3. The molecule has 9 heteroatoms. The van der Waals surface area contributed by atoms with E-state index in [1.54, 1.807) is 31.8 Å². The Labute approximate surface area is 170 Å². The fourth-order valence-corrected chi connectivity index (χ4v) is 4.16. The van der Waals surface area contributed by atoms with Crippen molar-refractivity contribution in [1.82, 2.24) is 25.1 Å². The number of thiazole rings is 1. The lowest BCUT2D eigenvalue weighted by Gasteiger charge is -2.08. The normalized spacial score (nSPS) is 10.8. The van der Waals surface area contributed by atoms with Crippen molar-refractivity contribution < 1.29 is 9.47 Å². The Morgan fingerprint density at radius 2 is 1.96 bits per heavy atom. The van der Waals surface area contributed by atoms with Gasteiger partial charge in [0.2, 0.25) is 5.16 Å². The molecule has 0 amide bonds. The molecule has 0 atom stereocenters. The average molecular weight is 412 g/mol. The first-order chi connectivity index (χ1) is 13.8. The highest BCUT2D eigenvalue weighted by atomic mass is 32.2. The van der Waals surface area contributed by atoms with Gasteiger partial charge in [-0.15, -0.1) is 16.4 Å². The van der Waals surface area contributed by atoms with E-state index in [1.165, 1.54) is 11.8 Å². The molecule has 3 aromatic heterocycles. The fraction of sp³-hybridized carbons (Fsp3) is 0.158. The van der Waals surface area contributed by atoms with E-state index in [9.17, 15) is 0 Å². The number of aromatic amines is 1. The molecule has 1 aromatic carbocycles. The molecule has 1 N–H and O–H groups in total. The van der Waals surface area contributed by atoms with Gasteiger partial charge in [0.15, 0.2) is 17.3 Å². The van der Waals surface area contributed by atoms with E-state index in [0.29, 0.717) is 28.2 Å². The Morgan fingerprint density at radius 1 is 1.07 bits per heavy atom. The summed E-state index contributed by atoms with van der Waals surface area (Å²) in [5, 5.41) is 10.8. The van der Waals surface area contributed by atoms with Gasteiger partial charge in [0.05, 0.1) is 19.9 Å². The number of thioether (sulfide) groups is 1. The number of hydrogen-bond donors (Lipinski definition) is 1. The van der Waals surface area contributed by atoms with Gasteiger partial charge in [-0.3, -0.25) is 10.1 Å². The summed E-state index contributed by atoms with van der Waals surface area (Å²) in [6.45, 7) is 0. The summed E-state index contributed by atoms with van der Waals surface area (Å²) in [5.74, 6) is 2.73. The van der Waals surface area contributed by atoms with Crippen LogP contribution in [0.4, 0.5) is 0 Å². The van der Waals surface area contributed by atoms with Crippen molar-refractivity contribution in [2.24, 2.45) is 0 Å². The van der Waals surface area contributed by atoms with Crippen molar-refractivity contribution in [2.45, 2.75) is 10.9 Å². The molecular formula is C19H17N5O2S2. The highest BCUT2D eigenvalue weighted by Crippen LogP contribution is 2.34. The third-order valence-corrected chi connectivity index (χ3v) is 5.72. The Hall–Kier alpha value is -2.91. The molecular weight excluding hydrogens is 394 g/mol. The first-order valence-corrected chi connectivity index (χ1v) is 10.3. The van der Waals surface area contributed by atoms with E-state index in [-0.39, 0.29) is 0 Å². The minimum absolute atomic E-state index is 0.660. The number of benzene rings is 1. The van der Waals surface area contributed by atoms with Gasteiger partial charge >= 0.3 is 0 Å². The number of nitrogens with zero attached hydrogens (tertiary/aromatic N) is 4. The first-order valence-electron chi connectivity index (χ1n) is 8.40. The number of hydrogen-bond acceptors (Lipinski definition) is 8. The summed E-state index contributed by atoms with van der Waals surface area (Å²) in [4.78, 5) is 13.5. The molecule has 0 aliphatic carbocycles. The maximum Gasteiger partial charge on any atom is 0.209 e. The second-order valence-electron chi connectivity index (χ2n) is 5.68. The van der Waals surface area contributed by atoms with Gasteiger partial charge < -0.3 is 9.47 Å². The molecule has 0 bridgehead atoms. The number of rotatable bonds is 7. The lowest BCUT2D eigenvalue weighted by Crippen LogP contribution is -1.91. The monoisotopic (exact) mass is 411 g/mol. The SMILES string of the molecule is COc1ccc(-c2nc(CSc3n[nH]c(-c4ccccn4)n3)cs2)cc1OC. The van der Waals surface area contributed by atoms with Gasteiger partial charge in [-0.25, -0.2) is 4.98 Å². The lowest BCUT2D eigenvalue weighted by molar-refractivity contribution is 0.355. The highest BCUT2D eigenvalue weighted by Gasteiger charge is 2.11. The van der Waals surface area contributed by atoms with E-state index >= 15 is 0 Å². The van der Waals surface area contributed by atoms with Crippen LogP contribution in [-0.4, -0.2) is 39.4 Å². The molecule has 28 heavy (non-hydrogen) atoms. The van der Waals surface area contributed by atoms with Gasteiger partial charge in [-0.2, -0.15) is 4.98 Å². The van der Waals surface area contributed by atoms with Crippen LogP contribution in [0.1, 0.15) is 5.69 Å². The lowest BCUT2D eigenvalue weighted by atomic mass is 10.2. The molecule has 142 valence electrons. The van der Waals surface area contributed by atoms with Crippen molar-refractivity contribution >= 4 is 23.1 Å². The minimum atomic E-state index is 0.660. The topological polar surface area (TPSA) is 85.8 Å². The summed E-state index contributed by atoms with van der Waals surface area (Å²) in [6, 6.07) is 11.5. The van der Waals surface area contributed by atoms with Crippen LogP contribution in [0.15, 0.2) is 53.1 Å². The van der Waals surface area contributed by atoms with Crippen LogP contribution in [-0.2, 0) is 5.75 Å². The van der Waals surface area contributed by atoms with Crippen LogP contribution in [0, 0.1) is 0 Å². The van der Waals surface area contributed by atoms with Gasteiger partial charge in [-0.05, 0) is 30.3 Å². The van der Waals surface area contributed by atoms with Crippen LogP contribution in [0.25, 0.3) is 22.1 Å². The molecule has 0 saturated carbocycles. The molecule has 0 radical (unpaired) electrons. The van der Waals surface area contributed by atoms with Crippen molar-refractivity contribution in [3.05, 3.63) is 53.7 Å². The number of H-pyrrole nitrogens is 1. The highest BCUT2D eigenvalue weighted by molar-refractivity contribution is 7.98. The fourth-order valence-electron chi connectivity index (χ4n) is 2.54. The maximum atomic E-state index is 5.37. The third-order valence-electron chi connectivity index (χ3n) is 3.90. The first kappa shape index (κ1) is 18.5. The van der Waals surface area contributed by atoms with Crippen molar-refractivity contribution in [3.63, 3.8) is 0 Å². The minimum Gasteiger partial charge on any atom is -0.493 e. The molecule has 3 heterocycles. The van der Waals surface area contributed by atoms with Crippen LogP contribution in [0.5, 0.6) is 11.5 Å². The predicted molar refractivity (Wildman–Crippen MR) is 110 cm³/mol. The number of aromatic nitrogens is 5. The van der Waals surface area contributed by atoms with E-state index in [2.05, 4.69) is 20.2 Å². The number of nitrogens with one attached hydrogen (secondary N) is 1.